The van der Waals surface area contributed by atoms with E-state index in [-0.39, 0.29) is 0 Å². The summed E-state index contributed by atoms with van der Waals surface area (Å²) >= 11 is 0. The van der Waals surface area contributed by atoms with Gasteiger partial charge in [-0.3, -0.25) is 0 Å². The van der Waals surface area contributed by atoms with E-state index in [4.69, 9.17) is 59.8 Å². The first-order chi connectivity index (χ1) is 71.3. The van der Waals surface area contributed by atoms with Crippen LogP contribution in [0.2, 0.25) is 0 Å². The van der Waals surface area contributed by atoms with Crippen LogP contribution in [-0.4, -0.2) is 59.8 Å². The van der Waals surface area contributed by atoms with Crippen LogP contribution < -0.4 is 0 Å². The van der Waals surface area contributed by atoms with E-state index in [9.17, 15) is 0 Å². The molecule has 0 spiro atoms. The third-order valence-electron chi connectivity index (χ3n) is 26.7. The summed E-state index contributed by atoms with van der Waals surface area (Å²) in [6.45, 7) is 0. The lowest BCUT2D eigenvalue weighted by Crippen LogP contribution is -2.00. The fourth-order valence-electron chi connectivity index (χ4n) is 19.5. The second-order valence-corrected chi connectivity index (χ2v) is 35.7. The summed E-state index contributed by atoms with van der Waals surface area (Å²) in [5, 5.41) is 17.5. The Hall–Kier alpha value is -19.6. The molecule has 6 aromatic heterocycles. The molecular weight excluding hydrogens is 1750 g/mol. The summed E-state index contributed by atoms with van der Waals surface area (Å²) in [6, 6.07) is 176. The van der Waals surface area contributed by atoms with Crippen LogP contribution in [0.15, 0.2) is 510 Å². The number of hydrogen-bond donors (Lipinski definition) is 0. The zero-order valence-electron chi connectivity index (χ0n) is 77.9. The summed E-state index contributed by atoms with van der Waals surface area (Å²) in [5.74, 6) is 5.86. The molecule has 6 heterocycles. The molecule has 0 saturated carbocycles. The molecule has 0 aliphatic rings. The molecule has 0 amide bonds. The van der Waals surface area contributed by atoms with E-state index in [1.165, 1.54) is 43.3 Å². The number of hydrogen-bond acceptors (Lipinski definition) is 12. The van der Waals surface area contributed by atoms with Crippen molar-refractivity contribution in [3.8, 4) is 170 Å². The minimum absolute atomic E-state index is 0.643. The minimum atomic E-state index is 0.643. The van der Waals surface area contributed by atoms with Gasteiger partial charge >= 0.3 is 0 Å². The van der Waals surface area contributed by atoms with Crippen molar-refractivity contribution < 1.29 is 0 Å². The molecule has 0 aliphatic carbocycles. The lowest BCUT2D eigenvalue weighted by molar-refractivity contribution is 1.07. The third-order valence-corrected chi connectivity index (χ3v) is 26.7. The van der Waals surface area contributed by atoms with Crippen LogP contribution in [0.1, 0.15) is 0 Å². The van der Waals surface area contributed by atoms with Crippen LogP contribution in [0.4, 0.5) is 0 Å². The highest BCUT2D eigenvalue weighted by atomic mass is 15.1. The molecule has 12 heteroatoms. The minimum Gasteiger partial charge on any atom is -0.247 e. The first-order valence-electron chi connectivity index (χ1n) is 48.2. The average Bonchev–Trinajstić information content (AvgIpc) is 0.766. The Morgan fingerprint density at radius 3 is 0.681 bits per heavy atom. The summed E-state index contributed by atoms with van der Waals surface area (Å²) in [7, 11) is 0. The molecule has 0 bridgehead atoms. The normalized spacial score (nSPS) is 11.3. The molecule has 0 saturated heterocycles. The number of fused-ring (bicyclic) bond motifs is 12. The van der Waals surface area contributed by atoms with Crippen LogP contribution in [0.25, 0.3) is 267 Å². The molecule has 27 rings (SSSR count). The van der Waals surface area contributed by atoms with Crippen LogP contribution in [-0.2, 0) is 0 Å². The molecule has 0 unspecified atom stereocenters. The van der Waals surface area contributed by atoms with E-state index < -0.39 is 0 Å². The van der Waals surface area contributed by atoms with Gasteiger partial charge in [0.25, 0.3) is 0 Å². The number of pyridine rings is 3. The standard InChI is InChI=1S/3C44H28N4/c1-3-12-32(13-4-1)42-46-43(33-14-5-2-6-15-33)48-44(47-42)34-27-24-29-16-11-20-35(39(29)28-34)30-22-25-31(26-23-30)41-38-19-8-7-17-36(38)37-18-9-10-21-40(37)45-41;1-3-12-31(13-4-1)42-46-43(32-14-5-2-6-15-32)48-44(47-42)34-26-27-36-33(28-34)16-11-20-35(36)29-22-24-30(25-23-29)41-39-19-8-7-17-37(39)38-18-9-10-21-40(38)45-41;1-3-11-32(12-4-1)42-46-43(33-13-5-2-6-14-33)48-44(47-42)35-26-22-30-21-25-34(27-36(30)28-35)29-19-23-31(24-20-29)41-39-17-8-7-15-37(39)38-16-9-10-18-40(38)45-41/h3*1-28H. The first kappa shape index (κ1) is 86.1. The molecule has 12 nitrogen and oxygen atoms in total. The Balaban J connectivity index is 0.000000113. The number of para-hydroxylation sites is 3. The van der Waals surface area contributed by atoms with Crippen LogP contribution in [0.3, 0.4) is 0 Å². The monoisotopic (exact) mass is 1840 g/mol. The Kier molecular flexibility index (Phi) is 22.8. The smallest absolute Gasteiger partial charge is 0.164 e. The maximum absolute atomic E-state index is 5.11. The largest absolute Gasteiger partial charge is 0.247 e. The Morgan fingerprint density at radius 2 is 0.333 bits per heavy atom. The predicted molar refractivity (Wildman–Crippen MR) is 592 cm³/mol. The van der Waals surface area contributed by atoms with Gasteiger partial charge in [0.05, 0.1) is 33.6 Å². The van der Waals surface area contributed by atoms with Gasteiger partial charge in [-0.25, -0.2) is 59.8 Å². The lowest BCUT2D eigenvalue weighted by atomic mass is 9.94. The number of benzene rings is 21. The average molecular weight is 1840 g/mol. The quantitative estimate of drug-likeness (QED) is 0.0897. The fraction of sp³-hybridized carbons (Fsp3) is 0. The summed E-state index contributed by atoms with van der Waals surface area (Å²) in [4.78, 5) is 59.6. The highest BCUT2D eigenvalue weighted by molar-refractivity contribution is 6.14. The van der Waals surface area contributed by atoms with E-state index >= 15 is 0 Å². The molecule has 0 radical (unpaired) electrons. The lowest BCUT2D eigenvalue weighted by Gasteiger charge is -2.12. The molecule has 0 fully saturated rings. The van der Waals surface area contributed by atoms with Crippen molar-refractivity contribution in [3.63, 3.8) is 0 Å². The number of nitrogens with zero attached hydrogens (tertiary/aromatic N) is 12. The molecule has 144 heavy (non-hydrogen) atoms. The Morgan fingerprint density at radius 1 is 0.0972 bits per heavy atom. The Bertz CT molecular complexity index is 9230. The van der Waals surface area contributed by atoms with Crippen molar-refractivity contribution >= 4 is 97.3 Å². The molecule has 0 aliphatic heterocycles. The molecule has 27 aromatic rings. The van der Waals surface area contributed by atoms with Gasteiger partial charge in [-0.2, -0.15) is 0 Å². The van der Waals surface area contributed by atoms with E-state index in [1.807, 2.05) is 200 Å². The van der Waals surface area contributed by atoms with Crippen molar-refractivity contribution in [1.82, 2.24) is 59.8 Å². The van der Waals surface area contributed by atoms with E-state index in [2.05, 4.69) is 309 Å². The molecule has 672 valence electrons. The first-order valence-corrected chi connectivity index (χ1v) is 48.2. The van der Waals surface area contributed by atoms with Gasteiger partial charge < -0.3 is 0 Å². The molecule has 21 aromatic carbocycles. The zero-order chi connectivity index (χ0) is 95.6. The third kappa shape index (κ3) is 17.2. The van der Waals surface area contributed by atoms with E-state index in [1.54, 1.807) is 0 Å². The van der Waals surface area contributed by atoms with Crippen molar-refractivity contribution in [2.24, 2.45) is 0 Å². The highest BCUT2D eigenvalue weighted by Crippen LogP contribution is 2.43. The van der Waals surface area contributed by atoms with Crippen molar-refractivity contribution in [2.45, 2.75) is 0 Å². The fourth-order valence-corrected chi connectivity index (χ4v) is 19.5. The number of aromatic nitrogens is 12. The van der Waals surface area contributed by atoms with Crippen molar-refractivity contribution in [3.05, 3.63) is 510 Å². The topological polar surface area (TPSA) is 155 Å². The van der Waals surface area contributed by atoms with Crippen LogP contribution >= 0.6 is 0 Å². The summed E-state index contributed by atoms with van der Waals surface area (Å²) in [5.41, 5.74) is 24.8. The van der Waals surface area contributed by atoms with E-state index in [0.717, 1.165) is 171 Å². The molecule has 0 atom stereocenters. The molecular formula is C132H84N12. The maximum Gasteiger partial charge on any atom is 0.164 e. The van der Waals surface area contributed by atoms with Crippen molar-refractivity contribution in [1.29, 1.82) is 0 Å². The number of rotatable bonds is 15. The van der Waals surface area contributed by atoms with Gasteiger partial charge in [0.15, 0.2) is 52.4 Å². The maximum atomic E-state index is 5.11. The van der Waals surface area contributed by atoms with Crippen LogP contribution in [0.5, 0.6) is 0 Å². The van der Waals surface area contributed by atoms with Gasteiger partial charge in [-0.05, 0) is 124 Å². The molecule has 0 N–H and O–H groups in total. The van der Waals surface area contributed by atoms with Gasteiger partial charge in [-0.1, -0.05) is 467 Å². The van der Waals surface area contributed by atoms with Gasteiger partial charge in [0, 0.05) is 99.1 Å². The SMILES string of the molecule is c1ccc(-c2nc(-c3ccccc3)nc(-c3ccc4c(-c5ccc(-c6nc7ccccc7c7ccccc67)cc5)cccc4c3)n2)cc1.c1ccc(-c2nc(-c3ccccc3)nc(-c3ccc4ccc(-c5ccc(-c6nc7ccccc7c7ccccc67)cc5)cc4c3)n2)cc1.c1ccc(-c2nc(-c3ccccc3)nc(-c3ccc4cccc(-c5ccc(-c6nc7ccccc7c7ccccc67)cc5)c4c3)n2)cc1. The summed E-state index contributed by atoms with van der Waals surface area (Å²) < 4.78 is 0. The van der Waals surface area contributed by atoms with E-state index in [0.29, 0.717) is 52.4 Å². The second kappa shape index (κ2) is 38.1. The van der Waals surface area contributed by atoms with Gasteiger partial charge in [0.1, 0.15) is 0 Å². The highest BCUT2D eigenvalue weighted by Gasteiger charge is 2.22. The zero-order valence-corrected chi connectivity index (χ0v) is 77.9. The van der Waals surface area contributed by atoms with Crippen LogP contribution in [0, 0.1) is 0 Å². The van der Waals surface area contributed by atoms with Gasteiger partial charge in [-0.15, -0.1) is 0 Å². The summed E-state index contributed by atoms with van der Waals surface area (Å²) in [6.07, 6.45) is 0. The second-order valence-electron chi connectivity index (χ2n) is 35.7. The Labute approximate surface area is 830 Å². The van der Waals surface area contributed by atoms with Gasteiger partial charge in [0.2, 0.25) is 0 Å². The van der Waals surface area contributed by atoms with Crippen molar-refractivity contribution in [2.75, 3.05) is 0 Å². The predicted octanol–water partition coefficient (Wildman–Crippen LogP) is 33.2.